The molecule has 3 rings (SSSR count). The molecule has 24 heavy (non-hydrogen) atoms. The van der Waals surface area contributed by atoms with Gasteiger partial charge in [0, 0.05) is 6.04 Å². The minimum absolute atomic E-state index is 0.0152. The van der Waals surface area contributed by atoms with Crippen molar-refractivity contribution < 1.29 is 13.9 Å². The Hall–Kier alpha value is -2.02. The van der Waals surface area contributed by atoms with Gasteiger partial charge in [0.15, 0.2) is 0 Å². The number of carbonyl (C=O) groups is 1. The third-order valence-corrected chi connectivity index (χ3v) is 4.69. The van der Waals surface area contributed by atoms with Crippen molar-refractivity contribution in [1.29, 1.82) is 0 Å². The van der Waals surface area contributed by atoms with Crippen LogP contribution in [0.2, 0.25) is 0 Å². The van der Waals surface area contributed by atoms with Crippen LogP contribution >= 0.6 is 11.8 Å². The van der Waals surface area contributed by atoms with Crippen LogP contribution in [0.25, 0.3) is 11.5 Å². The zero-order valence-corrected chi connectivity index (χ0v) is 14.5. The summed E-state index contributed by atoms with van der Waals surface area (Å²) in [5.74, 6) is 1.41. The molecule has 0 atom stereocenters. The number of para-hydroxylation sites is 1. The molecule has 6 nitrogen and oxygen atoms in total. The van der Waals surface area contributed by atoms with Crippen molar-refractivity contribution in [3.8, 4) is 17.2 Å². The number of aromatic nitrogens is 2. The van der Waals surface area contributed by atoms with Crippen LogP contribution in [0.5, 0.6) is 5.75 Å². The number of hydrogen-bond acceptors (Lipinski definition) is 6. The third-order valence-electron chi connectivity index (χ3n) is 3.87. The molecule has 7 heteroatoms. The Morgan fingerprint density at radius 2 is 2.12 bits per heavy atom. The normalized spacial score (nSPS) is 14.7. The summed E-state index contributed by atoms with van der Waals surface area (Å²) in [4.78, 5) is 11.9. The molecule has 128 valence electrons. The van der Waals surface area contributed by atoms with E-state index >= 15 is 0 Å². The van der Waals surface area contributed by atoms with Gasteiger partial charge in [-0.15, -0.1) is 10.2 Å². The van der Waals surface area contributed by atoms with Gasteiger partial charge in [0.05, 0.1) is 17.9 Å². The van der Waals surface area contributed by atoms with Gasteiger partial charge in [0.25, 0.3) is 11.1 Å². The zero-order chi connectivity index (χ0) is 16.8. The lowest BCUT2D eigenvalue weighted by Crippen LogP contribution is -2.33. The van der Waals surface area contributed by atoms with Gasteiger partial charge in [-0.25, -0.2) is 0 Å². The number of nitrogens with one attached hydrogen (secondary N) is 1. The number of benzene rings is 1. The van der Waals surface area contributed by atoms with Crippen LogP contribution in [-0.2, 0) is 4.79 Å². The molecule has 0 aliphatic heterocycles. The molecule has 1 N–H and O–H groups in total. The molecule has 1 aromatic carbocycles. The molecular weight excluding hydrogens is 326 g/mol. The van der Waals surface area contributed by atoms with Crippen LogP contribution in [0.1, 0.15) is 32.6 Å². The van der Waals surface area contributed by atoms with Gasteiger partial charge in [0.1, 0.15) is 5.75 Å². The van der Waals surface area contributed by atoms with E-state index in [0.29, 0.717) is 29.5 Å². The Bertz CT molecular complexity index is 683. The lowest BCUT2D eigenvalue weighted by atomic mass is 10.2. The zero-order valence-electron chi connectivity index (χ0n) is 13.7. The maximum Gasteiger partial charge on any atom is 0.277 e. The van der Waals surface area contributed by atoms with Crippen molar-refractivity contribution >= 4 is 17.7 Å². The van der Waals surface area contributed by atoms with E-state index in [1.165, 1.54) is 24.6 Å². The lowest BCUT2D eigenvalue weighted by Gasteiger charge is -2.10. The smallest absolute Gasteiger partial charge is 0.277 e. The van der Waals surface area contributed by atoms with Crippen molar-refractivity contribution in [2.24, 2.45) is 0 Å². The highest BCUT2D eigenvalue weighted by atomic mass is 32.2. The van der Waals surface area contributed by atoms with Gasteiger partial charge < -0.3 is 14.5 Å². The predicted octanol–water partition coefficient (Wildman–Crippen LogP) is 3.29. The first kappa shape index (κ1) is 16.8. The summed E-state index contributed by atoms with van der Waals surface area (Å²) in [6.45, 7) is 2.49. The highest BCUT2D eigenvalue weighted by molar-refractivity contribution is 7.99. The highest BCUT2D eigenvalue weighted by Crippen LogP contribution is 2.30. The van der Waals surface area contributed by atoms with Crippen molar-refractivity contribution in [2.45, 2.75) is 43.9 Å². The first-order valence-corrected chi connectivity index (χ1v) is 9.22. The molecule has 1 aliphatic rings. The summed E-state index contributed by atoms with van der Waals surface area (Å²) in [6, 6.07) is 7.86. The summed E-state index contributed by atoms with van der Waals surface area (Å²) in [5, 5.41) is 11.5. The monoisotopic (exact) mass is 347 g/mol. The molecule has 1 heterocycles. The van der Waals surface area contributed by atoms with E-state index in [1.54, 1.807) is 0 Å². The summed E-state index contributed by atoms with van der Waals surface area (Å²) >= 11 is 1.25. The van der Waals surface area contributed by atoms with Gasteiger partial charge in [0.2, 0.25) is 5.91 Å². The second-order valence-electron chi connectivity index (χ2n) is 5.64. The molecule has 0 spiro atoms. The molecule has 1 amide bonds. The number of hydrogen-bond donors (Lipinski definition) is 1. The van der Waals surface area contributed by atoms with Crippen LogP contribution in [0.3, 0.4) is 0 Å². The number of ether oxygens (including phenoxy) is 1. The first-order chi connectivity index (χ1) is 11.8. The third kappa shape index (κ3) is 4.29. The Morgan fingerprint density at radius 3 is 2.92 bits per heavy atom. The number of thioether (sulfide) groups is 1. The van der Waals surface area contributed by atoms with Crippen molar-refractivity contribution in [1.82, 2.24) is 15.5 Å². The SMILES string of the molecule is CCOc1ccccc1-c1nnc(SCC(=O)NC2CCCC2)o1. The van der Waals surface area contributed by atoms with Crippen LogP contribution in [0.4, 0.5) is 0 Å². The number of amides is 1. The average molecular weight is 347 g/mol. The van der Waals surface area contributed by atoms with Crippen LogP contribution in [0.15, 0.2) is 33.9 Å². The van der Waals surface area contributed by atoms with Crippen LogP contribution < -0.4 is 10.1 Å². The molecule has 2 aromatic rings. The fourth-order valence-corrected chi connectivity index (χ4v) is 3.34. The largest absolute Gasteiger partial charge is 0.493 e. The quantitative estimate of drug-likeness (QED) is 0.775. The van der Waals surface area contributed by atoms with E-state index in [9.17, 15) is 4.79 Å². The van der Waals surface area contributed by atoms with Gasteiger partial charge >= 0.3 is 0 Å². The molecule has 0 bridgehead atoms. The molecule has 1 fully saturated rings. The molecular formula is C17H21N3O3S. The van der Waals surface area contributed by atoms with Crippen molar-refractivity contribution in [3.63, 3.8) is 0 Å². The van der Waals surface area contributed by atoms with E-state index in [2.05, 4.69) is 15.5 Å². The van der Waals surface area contributed by atoms with Gasteiger partial charge in [-0.3, -0.25) is 4.79 Å². The number of carbonyl (C=O) groups excluding carboxylic acids is 1. The topological polar surface area (TPSA) is 77.2 Å². The Kier molecular flexibility index (Phi) is 5.74. The molecule has 1 aromatic heterocycles. The van der Waals surface area contributed by atoms with Crippen LogP contribution in [-0.4, -0.2) is 34.5 Å². The van der Waals surface area contributed by atoms with E-state index in [0.717, 1.165) is 18.4 Å². The van der Waals surface area contributed by atoms with E-state index < -0.39 is 0 Å². The molecule has 0 saturated heterocycles. The minimum atomic E-state index is 0.0152. The molecule has 0 radical (unpaired) electrons. The molecule has 1 saturated carbocycles. The Balaban J connectivity index is 1.58. The van der Waals surface area contributed by atoms with Crippen molar-refractivity contribution in [2.75, 3.05) is 12.4 Å². The summed E-state index contributed by atoms with van der Waals surface area (Å²) in [6.07, 6.45) is 4.55. The average Bonchev–Trinajstić information content (AvgIpc) is 3.25. The fourth-order valence-electron chi connectivity index (χ4n) is 2.77. The second kappa shape index (κ2) is 8.19. The van der Waals surface area contributed by atoms with E-state index in [-0.39, 0.29) is 11.7 Å². The maximum atomic E-state index is 11.9. The van der Waals surface area contributed by atoms with E-state index in [4.69, 9.17) is 9.15 Å². The predicted molar refractivity (Wildman–Crippen MR) is 92.0 cm³/mol. The maximum absolute atomic E-state index is 11.9. The van der Waals surface area contributed by atoms with Gasteiger partial charge in [-0.1, -0.05) is 36.7 Å². The molecule has 1 aliphatic carbocycles. The fraction of sp³-hybridized carbons (Fsp3) is 0.471. The summed E-state index contributed by atoms with van der Waals surface area (Å²) in [5.41, 5.74) is 0.758. The second-order valence-corrected chi connectivity index (χ2v) is 6.57. The van der Waals surface area contributed by atoms with Gasteiger partial charge in [-0.05, 0) is 31.9 Å². The first-order valence-electron chi connectivity index (χ1n) is 8.24. The van der Waals surface area contributed by atoms with Crippen molar-refractivity contribution in [3.05, 3.63) is 24.3 Å². The number of rotatable bonds is 7. The minimum Gasteiger partial charge on any atom is -0.493 e. The van der Waals surface area contributed by atoms with Crippen LogP contribution in [0, 0.1) is 0 Å². The van der Waals surface area contributed by atoms with Gasteiger partial charge in [-0.2, -0.15) is 0 Å². The highest BCUT2D eigenvalue weighted by Gasteiger charge is 2.18. The Morgan fingerprint density at radius 1 is 1.33 bits per heavy atom. The van der Waals surface area contributed by atoms with E-state index in [1.807, 2.05) is 31.2 Å². The lowest BCUT2D eigenvalue weighted by molar-refractivity contribution is -0.119. The Labute approximate surface area is 145 Å². The number of nitrogens with zero attached hydrogens (tertiary/aromatic N) is 2. The summed E-state index contributed by atoms with van der Waals surface area (Å²) < 4.78 is 11.2. The molecule has 0 unspecified atom stereocenters. The standard InChI is InChI=1S/C17H21N3O3S/c1-2-22-14-10-6-5-9-13(14)16-19-20-17(23-16)24-11-15(21)18-12-7-3-4-8-12/h5-6,9-10,12H,2-4,7-8,11H2,1H3,(H,18,21). The summed E-state index contributed by atoms with van der Waals surface area (Å²) in [7, 11) is 0.